The molecule has 4 rings (SSSR count). The first-order valence-corrected chi connectivity index (χ1v) is 11.1. The zero-order chi connectivity index (χ0) is 24.2. The lowest BCUT2D eigenvalue weighted by Gasteiger charge is -2.40. The number of aryl methyl sites for hydroxylation is 1. The van der Waals surface area contributed by atoms with Crippen LogP contribution in [0.3, 0.4) is 0 Å². The van der Waals surface area contributed by atoms with Gasteiger partial charge in [0.15, 0.2) is 0 Å². The highest BCUT2D eigenvalue weighted by Crippen LogP contribution is 2.27. The monoisotopic (exact) mass is 467 g/mol. The van der Waals surface area contributed by atoms with Gasteiger partial charge in [0.2, 0.25) is 0 Å². The summed E-state index contributed by atoms with van der Waals surface area (Å²) in [5.41, 5.74) is 2.67. The van der Waals surface area contributed by atoms with Gasteiger partial charge in [0.25, 0.3) is 5.91 Å². The quantitative estimate of drug-likeness (QED) is 0.365. The van der Waals surface area contributed by atoms with Crippen molar-refractivity contribution in [3.8, 4) is 0 Å². The predicted octanol–water partition coefficient (Wildman–Crippen LogP) is 1.09. The zero-order valence-corrected chi connectivity index (χ0v) is 19.2. The van der Waals surface area contributed by atoms with Gasteiger partial charge in [-0.25, -0.2) is 14.8 Å². The number of carbonyl (C=O) groups excluding carboxylic acids is 2. The number of benzene rings is 1. The molecule has 1 aromatic carbocycles. The molecule has 0 radical (unpaired) electrons. The lowest BCUT2D eigenvalue weighted by Crippen LogP contribution is -2.55. The maximum Gasteiger partial charge on any atom is 0.322 e. The van der Waals surface area contributed by atoms with Crippen molar-refractivity contribution in [3.05, 3.63) is 47.9 Å². The van der Waals surface area contributed by atoms with E-state index in [1.807, 2.05) is 20.0 Å². The number of amides is 3. The number of nitrogens with zero attached hydrogens (tertiary/aromatic N) is 4. The summed E-state index contributed by atoms with van der Waals surface area (Å²) in [6, 6.07) is 5.47. The minimum atomic E-state index is -0.742. The smallest absolute Gasteiger partial charge is 0.322 e. The number of fused-ring (bicyclic) bond motifs is 1. The Morgan fingerprint density at radius 1 is 1.24 bits per heavy atom. The van der Waals surface area contributed by atoms with E-state index in [2.05, 4.69) is 30.5 Å². The van der Waals surface area contributed by atoms with E-state index < -0.39 is 11.9 Å². The normalized spacial score (nSPS) is 16.2. The maximum absolute atomic E-state index is 13.0. The minimum Gasteiger partial charge on any atom is -0.394 e. The van der Waals surface area contributed by atoms with Crippen LogP contribution in [0.2, 0.25) is 0 Å². The molecule has 180 valence electrons. The van der Waals surface area contributed by atoms with Crippen molar-refractivity contribution < 1.29 is 19.8 Å². The fraction of sp³-hybridized carbons (Fsp3) is 0.391. The molecule has 1 atom stereocenters. The average Bonchev–Trinajstić information content (AvgIpc) is 3.23. The molecule has 5 N–H and O–H groups in total. The first-order chi connectivity index (χ1) is 16.4. The van der Waals surface area contributed by atoms with Crippen LogP contribution in [-0.2, 0) is 0 Å². The van der Waals surface area contributed by atoms with Crippen LogP contribution >= 0.6 is 0 Å². The largest absolute Gasteiger partial charge is 0.394 e. The Hall–Kier alpha value is -3.70. The van der Waals surface area contributed by atoms with Gasteiger partial charge in [-0.2, -0.15) is 0 Å². The fourth-order valence-corrected chi connectivity index (χ4v) is 4.14. The van der Waals surface area contributed by atoms with Crippen molar-refractivity contribution in [1.29, 1.82) is 0 Å². The number of piperazine rings is 1. The predicted molar refractivity (Wildman–Crippen MR) is 128 cm³/mol. The number of carbonyl (C=O) groups is 2. The minimum absolute atomic E-state index is 0.0700. The van der Waals surface area contributed by atoms with E-state index in [0.717, 1.165) is 22.4 Å². The molecule has 1 fully saturated rings. The molecule has 1 aliphatic heterocycles. The second kappa shape index (κ2) is 10.1. The Balaban J connectivity index is 1.41. The summed E-state index contributed by atoms with van der Waals surface area (Å²) < 4.78 is 0. The SMILES string of the molecule is Cc1c[nH]c2ncnc(N3CCN(C(=O)Nc4cccc(C(=O)NC(CO)CO)c4)[C@@H](C)C3)c12. The molecule has 1 aliphatic rings. The summed E-state index contributed by atoms with van der Waals surface area (Å²) >= 11 is 0. The topological polar surface area (TPSA) is 147 Å². The number of rotatable bonds is 6. The first kappa shape index (κ1) is 23.5. The molecule has 0 aliphatic carbocycles. The van der Waals surface area contributed by atoms with E-state index in [0.29, 0.717) is 30.9 Å². The van der Waals surface area contributed by atoms with E-state index in [1.165, 1.54) is 0 Å². The van der Waals surface area contributed by atoms with Crippen LogP contribution in [0.25, 0.3) is 11.0 Å². The number of aromatic amines is 1. The van der Waals surface area contributed by atoms with E-state index >= 15 is 0 Å². The number of H-pyrrole nitrogens is 1. The molecular formula is C23H29N7O4. The highest BCUT2D eigenvalue weighted by Gasteiger charge is 2.29. The van der Waals surface area contributed by atoms with Crippen molar-refractivity contribution in [2.24, 2.45) is 0 Å². The van der Waals surface area contributed by atoms with Crippen molar-refractivity contribution in [3.63, 3.8) is 0 Å². The maximum atomic E-state index is 13.0. The number of aromatic nitrogens is 3. The van der Waals surface area contributed by atoms with E-state index in [4.69, 9.17) is 10.2 Å². The Kier molecular flexibility index (Phi) is 6.94. The molecule has 3 aromatic rings. The van der Waals surface area contributed by atoms with Crippen molar-refractivity contribution >= 4 is 34.5 Å². The molecule has 0 saturated carbocycles. The van der Waals surface area contributed by atoms with Crippen LogP contribution in [0.1, 0.15) is 22.8 Å². The van der Waals surface area contributed by atoms with Gasteiger partial charge in [0.1, 0.15) is 17.8 Å². The molecule has 11 nitrogen and oxygen atoms in total. The molecule has 3 amide bonds. The number of hydrogen-bond donors (Lipinski definition) is 5. The summed E-state index contributed by atoms with van der Waals surface area (Å²) in [5.74, 6) is 0.417. The summed E-state index contributed by atoms with van der Waals surface area (Å²) in [6.07, 6.45) is 3.46. The second-order valence-electron chi connectivity index (χ2n) is 8.43. The van der Waals surface area contributed by atoms with Gasteiger partial charge in [-0.15, -0.1) is 0 Å². The van der Waals surface area contributed by atoms with Gasteiger partial charge in [-0.3, -0.25) is 4.79 Å². The molecule has 2 aromatic heterocycles. The number of urea groups is 1. The Bertz CT molecular complexity index is 1180. The number of anilines is 2. The third kappa shape index (κ3) is 4.80. The van der Waals surface area contributed by atoms with Crippen LogP contribution in [-0.4, -0.2) is 86.9 Å². The number of hydrogen-bond acceptors (Lipinski definition) is 7. The molecule has 11 heteroatoms. The standard InChI is InChI=1S/C23H29N7O4/c1-14-9-24-20-19(14)21(26-13-25-20)29-6-7-30(15(2)10-29)23(34)28-17-5-3-4-16(8-17)22(33)27-18(11-31)12-32/h3-5,8-9,13,15,18,31-32H,6-7,10-12H2,1-2H3,(H,27,33)(H,28,34)(H,24,25,26)/t15-/m0/s1. The molecule has 0 unspecified atom stereocenters. The second-order valence-corrected chi connectivity index (χ2v) is 8.43. The van der Waals surface area contributed by atoms with Crippen molar-refractivity contribution in [2.75, 3.05) is 43.1 Å². The van der Waals surface area contributed by atoms with E-state index in [9.17, 15) is 9.59 Å². The third-order valence-corrected chi connectivity index (χ3v) is 5.99. The number of aliphatic hydroxyl groups excluding tert-OH is 2. The lowest BCUT2D eigenvalue weighted by molar-refractivity contribution is 0.0879. The Morgan fingerprint density at radius 2 is 2.03 bits per heavy atom. The molecule has 0 spiro atoms. The number of aliphatic hydroxyl groups is 2. The summed E-state index contributed by atoms with van der Waals surface area (Å²) in [6.45, 7) is 5.02. The lowest BCUT2D eigenvalue weighted by atomic mass is 10.1. The third-order valence-electron chi connectivity index (χ3n) is 5.99. The summed E-state index contributed by atoms with van der Waals surface area (Å²) in [4.78, 5) is 41.2. The van der Waals surface area contributed by atoms with E-state index in [-0.39, 0.29) is 25.3 Å². The van der Waals surface area contributed by atoms with Crippen LogP contribution in [0.15, 0.2) is 36.8 Å². The van der Waals surface area contributed by atoms with Gasteiger partial charge in [0.05, 0.1) is 24.6 Å². The van der Waals surface area contributed by atoms with Crippen molar-refractivity contribution in [1.82, 2.24) is 25.2 Å². The van der Waals surface area contributed by atoms with Crippen LogP contribution in [0, 0.1) is 6.92 Å². The van der Waals surface area contributed by atoms with Gasteiger partial charge in [0, 0.05) is 43.1 Å². The first-order valence-electron chi connectivity index (χ1n) is 11.1. The van der Waals surface area contributed by atoms with Gasteiger partial charge >= 0.3 is 6.03 Å². The van der Waals surface area contributed by atoms with Crippen molar-refractivity contribution in [2.45, 2.75) is 25.9 Å². The fourth-order valence-electron chi connectivity index (χ4n) is 4.14. The van der Waals surface area contributed by atoms with Gasteiger partial charge in [-0.05, 0) is 37.6 Å². The van der Waals surface area contributed by atoms with Gasteiger partial charge in [-0.1, -0.05) is 6.07 Å². The van der Waals surface area contributed by atoms with Crippen LogP contribution in [0.4, 0.5) is 16.3 Å². The molecular weight excluding hydrogens is 438 g/mol. The average molecular weight is 468 g/mol. The molecule has 34 heavy (non-hydrogen) atoms. The van der Waals surface area contributed by atoms with Crippen LogP contribution in [0.5, 0.6) is 0 Å². The van der Waals surface area contributed by atoms with Gasteiger partial charge < -0.3 is 35.6 Å². The number of nitrogens with one attached hydrogen (secondary N) is 3. The molecule has 3 heterocycles. The highest BCUT2D eigenvalue weighted by atomic mass is 16.3. The molecule has 1 saturated heterocycles. The highest BCUT2D eigenvalue weighted by molar-refractivity contribution is 5.97. The molecule has 0 bridgehead atoms. The summed E-state index contributed by atoms with van der Waals surface area (Å²) in [7, 11) is 0. The van der Waals surface area contributed by atoms with Crippen LogP contribution < -0.4 is 15.5 Å². The summed E-state index contributed by atoms with van der Waals surface area (Å²) in [5, 5.41) is 24.7. The Morgan fingerprint density at radius 3 is 2.76 bits per heavy atom. The van der Waals surface area contributed by atoms with E-state index in [1.54, 1.807) is 35.5 Å². The zero-order valence-electron chi connectivity index (χ0n) is 19.2. The Labute approximate surface area is 196 Å².